The van der Waals surface area contributed by atoms with E-state index in [-0.39, 0.29) is 23.7 Å². The maximum atomic E-state index is 13.5. The summed E-state index contributed by atoms with van der Waals surface area (Å²) >= 11 is 9.25. The van der Waals surface area contributed by atoms with E-state index in [9.17, 15) is 18.0 Å². The van der Waals surface area contributed by atoms with Gasteiger partial charge in [0.05, 0.1) is 17.7 Å². The van der Waals surface area contributed by atoms with Crippen molar-refractivity contribution in [3.63, 3.8) is 0 Å². The third-order valence-electron chi connectivity index (χ3n) is 5.61. The van der Waals surface area contributed by atoms with Crippen molar-refractivity contribution in [2.45, 2.75) is 24.9 Å². The normalized spacial score (nSPS) is 11.6. The first-order valence-electron chi connectivity index (χ1n) is 11.9. The predicted octanol–water partition coefficient (Wildman–Crippen LogP) is 5.48. The standard InChI is InChI=1S/C28H24BrClN4O5S/c1-19-2-4-20(5-3-19)17-34(40(37,38)26-14-8-22(30)9-15-26)18-25-13-12-24(39-25)16-31-33-28(36)27(35)32-23-10-6-21(29)7-11-23/h2-16H,17-18H2,1H3,(H,32,35)(H,33,36)/b31-16+. The summed E-state index contributed by atoms with van der Waals surface area (Å²) in [5.74, 6) is -1.25. The molecule has 0 spiro atoms. The topological polar surface area (TPSA) is 121 Å². The number of benzene rings is 3. The molecule has 4 rings (SSSR count). The molecule has 0 unspecified atom stereocenters. The van der Waals surface area contributed by atoms with Crippen molar-refractivity contribution >= 4 is 61.3 Å². The predicted molar refractivity (Wildman–Crippen MR) is 156 cm³/mol. The van der Waals surface area contributed by atoms with E-state index in [0.717, 1.165) is 15.6 Å². The molecule has 0 bridgehead atoms. The van der Waals surface area contributed by atoms with Crippen molar-refractivity contribution in [2.75, 3.05) is 5.32 Å². The summed E-state index contributed by atoms with van der Waals surface area (Å²) in [5, 5.41) is 6.65. The van der Waals surface area contributed by atoms with Gasteiger partial charge in [-0.05, 0) is 73.2 Å². The molecule has 0 saturated carbocycles. The Morgan fingerprint density at radius 3 is 2.27 bits per heavy atom. The average molecular weight is 644 g/mol. The molecule has 1 heterocycles. The van der Waals surface area contributed by atoms with Crippen molar-refractivity contribution in [1.82, 2.24) is 9.73 Å². The van der Waals surface area contributed by atoms with Gasteiger partial charge in [-0.3, -0.25) is 9.59 Å². The van der Waals surface area contributed by atoms with E-state index in [1.807, 2.05) is 31.2 Å². The molecule has 40 heavy (non-hydrogen) atoms. The average Bonchev–Trinajstić information content (AvgIpc) is 3.38. The number of hydrogen-bond donors (Lipinski definition) is 2. The summed E-state index contributed by atoms with van der Waals surface area (Å²) in [6.07, 6.45) is 1.21. The Hall–Kier alpha value is -3.77. The summed E-state index contributed by atoms with van der Waals surface area (Å²) in [6.45, 7) is 2.00. The van der Waals surface area contributed by atoms with Crippen LogP contribution in [-0.4, -0.2) is 30.8 Å². The van der Waals surface area contributed by atoms with Crippen LogP contribution in [0.4, 0.5) is 5.69 Å². The minimum Gasteiger partial charge on any atom is -0.459 e. The van der Waals surface area contributed by atoms with E-state index in [1.54, 1.807) is 36.4 Å². The van der Waals surface area contributed by atoms with E-state index in [2.05, 4.69) is 31.8 Å². The number of sulfonamides is 1. The molecule has 12 heteroatoms. The summed E-state index contributed by atoms with van der Waals surface area (Å²) in [7, 11) is -3.90. The molecule has 3 aromatic carbocycles. The molecule has 0 atom stereocenters. The quantitative estimate of drug-likeness (QED) is 0.142. The van der Waals surface area contributed by atoms with Gasteiger partial charge in [0.1, 0.15) is 11.5 Å². The van der Waals surface area contributed by atoms with Crippen LogP contribution in [-0.2, 0) is 32.7 Å². The minimum absolute atomic E-state index is 0.0609. The molecule has 0 radical (unpaired) electrons. The first-order valence-corrected chi connectivity index (χ1v) is 14.5. The van der Waals surface area contributed by atoms with Crippen molar-refractivity contribution in [3.05, 3.63) is 117 Å². The molecular weight excluding hydrogens is 620 g/mol. The second-order valence-electron chi connectivity index (χ2n) is 8.68. The Bertz CT molecular complexity index is 1620. The Morgan fingerprint density at radius 1 is 0.925 bits per heavy atom. The fourth-order valence-electron chi connectivity index (χ4n) is 3.53. The van der Waals surface area contributed by atoms with E-state index >= 15 is 0 Å². The van der Waals surface area contributed by atoms with Gasteiger partial charge < -0.3 is 9.73 Å². The number of halogens is 2. The zero-order valence-electron chi connectivity index (χ0n) is 21.2. The molecule has 0 fully saturated rings. The lowest BCUT2D eigenvalue weighted by Gasteiger charge is -2.21. The Kier molecular flexibility index (Phi) is 9.54. The molecular formula is C28H24BrClN4O5S. The maximum Gasteiger partial charge on any atom is 0.329 e. The van der Waals surface area contributed by atoms with Crippen molar-refractivity contribution in [3.8, 4) is 0 Å². The molecule has 206 valence electrons. The number of hydrazone groups is 1. The second kappa shape index (κ2) is 13.1. The highest BCUT2D eigenvalue weighted by molar-refractivity contribution is 9.10. The van der Waals surface area contributed by atoms with Crippen LogP contribution >= 0.6 is 27.5 Å². The first-order chi connectivity index (χ1) is 19.1. The molecule has 2 N–H and O–H groups in total. The van der Waals surface area contributed by atoms with E-state index in [4.69, 9.17) is 16.0 Å². The Balaban J connectivity index is 1.44. The van der Waals surface area contributed by atoms with Crippen LogP contribution in [0.5, 0.6) is 0 Å². The largest absolute Gasteiger partial charge is 0.459 e. The number of furan rings is 1. The number of nitrogens with zero attached hydrogens (tertiary/aromatic N) is 2. The van der Waals surface area contributed by atoms with E-state index < -0.39 is 21.8 Å². The zero-order chi connectivity index (χ0) is 28.7. The number of carbonyl (C=O) groups is 2. The Morgan fingerprint density at radius 2 is 1.60 bits per heavy atom. The van der Waals surface area contributed by atoms with Crippen molar-refractivity contribution in [1.29, 1.82) is 0 Å². The van der Waals surface area contributed by atoms with Crippen molar-refractivity contribution < 1.29 is 22.4 Å². The SMILES string of the molecule is Cc1ccc(CN(Cc2ccc(/C=N/NC(=O)C(=O)Nc3ccc(Br)cc3)o2)S(=O)(=O)c2ccc(Cl)cc2)cc1. The van der Waals surface area contributed by atoms with Crippen LogP contribution in [0.3, 0.4) is 0 Å². The minimum atomic E-state index is -3.90. The van der Waals surface area contributed by atoms with Gasteiger partial charge in [0.15, 0.2) is 0 Å². The molecule has 0 aliphatic rings. The molecule has 4 aromatic rings. The lowest BCUT2D eigenvalue weighted by molar-refractivity contribution is -0.136. The number of carbonyl (C=O) groups excluding carboxylic acids is 2. The highest BCUT2D eigenvalue weighted by Crippen LogP contribution is 2.23. The van der Waals surface area contributed by atoms with E-state index in [1.165, 1.54) is 34.8 Å². The smallest absolute Gasteiger partial charge is 0.329 e. The van der Waals surface area contributed by atoms with E-state index in [0.29, 0.717) is 16.5 Å². The van der Waals surface area contributed by atoms with Crippen LogP contribution in [0.1, 0.15) is 22.6 Å². The molecule has 0 aliphatic carbocycles. The van der Waals surface area contributed by atoms with Crippen LogP contribution < -0.4 is 10.7 Å². The van der Waals surface area contributed by atoms with Gasteiger partial charge in [-0.15, -0.1) is 0 Å². The second-order valence-corrected chi connectivity index (χ2v) is 12.0. The van der Waals surface area contributed by atoms with Gasteiger partial charge >= 0.3 is 11.8 Å². The highest BCUT2D eigenvalue weighted by atomic mass is 79.9. The van der Waals surface area contributed by atoms with Gasteiger partial charge in [-0.1, -0.05) is 57.4 Å². The first kappa shape index (κ1) is 29.2. The summed E-state index contributed by atoms with van der Waals surface area (Å²) in [5.41, 5.74) is 4.45. The lowest BCUT2D eigenvalue weighted by Crippen LogP contribution is -2.32. The third kappa shape index (κ3) is 7.89. The summed E-state index contributed by atoms with van der Waals surface area (Å²) in [6, 6.07) is 23.4. The maximum absolute atomic E-state index is 13.5. The Labute approximate surface area is 245 Å². The lowest BCUT2D eigenvalue weighted by atomic mass is 10.1. The highest BCUT2D eigenvalue weighted by Gasteiger charge is 2.26. The number of anilines is 1. The fraction of sp³-hybridized carbons (Fsp3) is 0.107. The molecule has 2 amide bonds. The van der Waals surface area contributed by atoms with Gasteiger partial charge in [-0.25, -0.2) is 13.8 Å². The molecule has 1 aromatic heterocycles. The van der Waals surface area contributed by atoms with Crippen LogP contribution in [0.15, 0.2) is 104 Å². The van der Waals surface area contributed by atoms with Crippen LogP contribution in [0.2, 0.25) is 5.02 Å². The zero-order valence-corrected chi connectivity index (χ0v) is 24.3. The molecule has 0 aliphatic heterocycles. The summed E-state index contributed by atoms with van der Waals surface area (Å²) < 4.78 is 34.9. The molecule has 9 nitrogen and oxygen atoms in total. The number of amides is 2. The van der Waals surface area contributed by atoms with Gasteiger partial charge in [-0.2, -0.15) is 9.41 Å². The number of aryl methyl sites for hydroxylation is 1. The van der Waals surface area contributed by atoms with Crippen LogP contribution in [0.25, 0.3) is 0 Å². The monoisotopic (exact) mass is 642 g/mol. The number of nitrogens with one attached hydrogen (secondary N) is 2. The van der Waals surface area contributed by atoms with Crippen molar-refractivity contribution in [2.24, 2.45) is 5.10 Å². The third-order valence-corrected chi connectivity index (χ3v) is 8.20. The number of rotatable bonds is 9. The molecule has 0 saturated heterocycles. The van der Waals surface area contributed by atoms with Gasteiger partial charge in [0.2, 0.25) is 10.0 Å². The summed E-state index contributed by atoms with van der Waals surface area (Å²) in [4.78, 5) is 24.2. The van der Waals surface area contributed by atoms with Gasteiger partial charge in [0.25, 0.3) is 0 Å². The van der Waals surface area contributed by atoms with Gasteiger partial charge in [0, 0.05) is 21.7 Å². The van der Waals surface area contributed by atoms with Crippen LogP contribution in [0, 0.1) is 6.92 Å². The fourth-order valence-corrected chi connectivity index (χ4v) is 5.31. The number of hydrogen-bond acceptors (Lipinski definition) is 6.